The van der Waals surface area contributed by atoms with Gasteiger partial charge in [-0.25, -0.2) is 24.7 Å². The summed E-state index contributed by atoms with van der Waals surface area (Å²) in [5.41, 5.74) is 2.05. The normalized spacial score (nSPS) is 11.3. The predicted molar refractivity (Wildman–Crippen MR) is 170 cm³/mol. The quantitative estimate of drug-likeness (QED) is 0.168. The summed E-state index contributed by atoms with van der Waals surface area (Å²) in [6, 6.07) is 18.7. The number of nitrogens with one attached hydrogen (secondary N) is 2. The SMILES string of the molecule is CC(C)c1ccc2c(Nc3cc(C(=O)Nc4ccc(Cl)cn4)ccc3Oc3ccc(C(=O)OC(C)(C)C)cc3)ncnc2n1. The molecule has 10 nitrogen and oxygen atoms in total. The number of amides is 1. The zero-order chi connectivity index (χ0) is 31.4. The number of carbonyl (C=O) groups is 2. The van der Waals surface area contributed by atoms with Gasteiger partial charge in [-0.2, -0.15) is 0 Å². The van der Waals surface area contributed by atoms with Crippen molar-refractivity contribution < 1.29 is 19.1 Å². The third-order valence-corrected chi connectivity index (χ3v) is 6.51. The molecule has 0 unspecified atom stereocenters. The molecule has 5 rings (SSSR count). The van der Waals surface area contributed by atoms with E-state index in [0.29, 0.717) is 56.0 Å². The number of benzene rings is 2. The van der Waals surface area contributed by atoms with Gasteiger partial charge in [0.2, 0.25) is 0 Å². The number of nitrogens with zero attached hydrogens (tertiary/aromatic N) is 4. The second-order valence-corrected chi connectivity index (χ2v) is 11.7. The maximum absolute atomic E-state index is 13.2. The number of pyridine rings is 2. The second-order valence-electron chi connectivity index (χ2n) is 11.3. The van der Waals surface area contributed by atoms with Crippen molar-refractivity contribution in [1.82, 2.24) is 19.9 Å². The highest BCUT2D eigenvalue weighted by Gasteiger charge is 2.19. The van der Waals surface area contributed by atoms with Crippen molar-refractivity contribution in [2.24, 2.45) is 0 Å². The minimum absolute atomic E-state index is 0.234. The standard InChI is InChI=1S/C33H31ClN6O4/c1-19(2)25-13-12-24-29(38-25)36-18-37-30(24)39-26-16-21(31(41)40-28-15-9-22(34)17-35-28)8-14-27(26)43-23-10-6-20(7-11-23)32(42)44-33(3,4)5/h6-19H,1-5H3,(H,35,40,41)(H,36,37,38,39). The average molecular weight is 611 g/mol. The molecular formula is C33H31ClN6O4. The molecule has 44 heavy (non-hydrogen) atoms. The van der Waals surface area contributed by atoms with E-state index in [1.54, 1.807) is 54.6 Å². The van der Waals surface area contributed by atoms with E-state index >= 15 is 0 Å². The van der Waals surface area contributed by atoms with Gasteiger partial charge in [0, 0.05) is 17.5 Å². The Balaban J connectivity index is 1.47. The van der Waals surface area contributed by atoms with Gasteiger partial charge in [0.1, 0.15) is 29.3 Å². The maximum atomic E-state index is 13.2. The molecule has 0 aliphatic carbocycles. The Bertz CT molecular complexity index is 1820. The summed E-state index contributed by atoms with van der Waals surface area (Å²) in [5.74, 6) is 1.15. The van der Waals surface area contributed by atoms with Crippen molar-refractivity contribution in [2.75, 3.05) is 10.6 Å². The Morgan fingerprint density at radius 1 is 0.886 bits per heavy atom. The molecule has 11 heteroatoms. The molecule has 0 aliphatic rings. The highest BCUT2D eigenvalue weighted by molar-refractivity contribution is 6.30. The van der Waals surface area contributed by atoms with Gasteiger partial charge >= 0.3 is 5.97 Å². The zero-order valence-electron chi connectivity index (χ0n) is 24.9. The van der Waals surface area contributed by atoms with E-state index in [4.69, 9.17) is 21.1 Å². The van der Waals surface area contributed by atoms with E-state index in [1.807, 2.05) is 32.9 Å². The van der Waals surface area contributed by atoms with Crippen LogP contribution < -0.4 is 15.4 Å². The number of halogens is 1. The molecule has 0 spiro atoms. The topological polar surface area (TPSA) is 128 Å². The van der Waals surface area contributed by atoms with Crippen LogP contribution in [0.5, 0.6) is 11.5 Å². The lowest BCUT2D eigenvalue weighted by Gasteiger charge is -2.19. The van der Waals surface area contributed by atoms with Gasteiger partial charge in [-0.1, -0.05) is 25.4 Å². The Morgan fingerprint density at radius 2 is 1.64 bits per heavy atom. The molecular weight excluding hydrogens is 580 g/mol. The van der Waals surface area contributed by atoms with Crippen LogP contribution in [0, 0.1) is 0 Å². The summed E-state index contributed by atoms with van der Waals surface area (Å²) < 4.78 is 11.7. The third kappa shape index (κ3) is 7.45. The maximum Gasteiger partial charge on any atom is 0.338 e. The molecule has 3 heterocycles. The lowest BCUT2D eigenvalue weighted by atomic mass is 10.1. The molecule has 0 saturated heterocycles. The first-order valence-corrected chi connectivity index (χ1v) is 14.3. The monoisotopic (exact) mass is 610 g/mol. The Morgan fingerprint density at radius 3 is 2.32 bits per heavy atom. The molecule has 0 aliphatic heterocycles. The van der Waals surface area contributed by atoms with Crippen LogP contribution in [0.15, 0.2) is 79.3 Å². The van der Waals surface area contributed by atoms with E-state index in [-0.39, 0.29) is 11.8 Å². The van der Waals surface area contributed by atoms with Crippen molar-refractivity contribution in [1.29, 1.82) is 0 Å². The van der Waals surface area contributed by atoms with E-state index in [1.165, 1.54) is 12.5 Å². The minimum atomic E-state index is -0.610. The largest absolute Gasteiger partial charge is 0.456 e. The van der Waals surface area contributed by atoms with Gasteiger partial charge in [-0.3, -0.25) is 4.79 Å². The van der Waals surface area contributed by atoms with Gasteiger partial charge in [0.05, 0.1) is 21.7 Å². The van der Waals surface area contributed by atoms with Crippen LogP contribution in [0.25, 0.3) is 11.0 Å². The van der Waals surface area contributed by atoms with Gasteiger partial charge < -0.3 is 20.1 Å². The van der Waals surface area contributed by atoms with Crippen molar-refractivity contribution in [2.45, 2.75) is 46.1 Å². The van der Waals surface area contributed by atoms with Gasteiger partial charge in [0.15, 0.2) is 11.4 Å². The summed E-state index contributed by atoms with van der Waals surface area (Å²) in [7, 11) is 0. The Hall–Kier alpha value is -5.09. The molecule has 2 N–H and O–H groups in total. The number of anilines is 3. The van der Waals surface area contributed by atoms with Crippen LogP contribution >= 0.6 is 11.6 Å². The van der Waals surface area contributed by atoms with Crippen molar-refractivity contribution in [3.8, 4) is 11.5 Å². The molecule has 0 saturated carbocycles. The molecule has 0 atom stereocenters. The van der Waals surface area contributed by atoms with Crippen LogP contribution in [0.2, 0.25) is 5.02 Å². The fourth-order valence-electron chi connectivity index (χ4n) is 4.13. The summed E-state index contributed by atoms with van der Waals surface area (Å²) in [6.45, 7) is 9.56. The third-order valence-electron chi connectivity index (χ3n) is 6.29. The van der Waals surface area contributed by atoms with Gasteiger partial charge in [-0.05, 0) is 93.4 Å². The van der Waals surface area contributed by atoms with Crippen molar-refractivity contribution >= 4 is 51.8 Å². The number of carbonyl (C=O) groups excluding carboxylic acids is 2. The summed E-state index contributed by atoms with van der Waals surface area (Å²) in [6.07, 6.45) is 2.88. The van der Waals surface area contributed by atoms with Crippen LogP contribution in [0.1, 0.15) is 66.9 Å². The first kappa shape index (κ1) is 30.4. The fraction of sp³-hybridized carbons (Fsp3) is 0.212. The molecule has 0 bridgehead atoms. The van der Waals surface area contributed by atoms with Crippen LogP contribution in [0.4, 0.5) is 17.3 Å². The van der Waals surface area contributed by atoms with E-state index in [2.05, 4.69) is 44.4 Å². The van der Waals surface area contributed by atoms with Gasteiger partial charge in [0.25, 0.3) is 5.91 Å². The van der Waals surface area contributed by atoms with E-state index in [0.717, 1.165) is 5.69 Å². The summed E-state index contributed by atoms with van der Waals surface area (Å²) in [5, 5.41) is 7.23. The highest BCUT2D eigenvalue weighted by atomic mass is 35.5. The minimum Gasteiger partial charge on any atom is -0.456 e. The van der Waals surface area contributed by atoms with Crippen LogP contribution in [-0.2, 0) is 4.74 Å². The second kappa shape index (κ2) is 12.6. The van der Waals surface area contributed by atoms with Gasteiger partial charge in [-0.15, -0.1) is 0 Å². The lowest BCUT2D eigenvalue weighted by Crippen LogP contribution is -2.23. The fourth-order valence-corrected chi connectivity index (χ4v) is 4.24. The molecule has 0 radical (unpaired) electrons. The number of aromatic nitrogens is 4. The van der Waals surface area contributed by atoms with Crippen molar-refractivity contribution in [3.05, 3.63) is 101 Å². The first-order chi connectivity index (χ1) is 20.9. The molecule has 224 valence electrons. The van der Waals surface area contributed by atoms with E-state index < -0.39 is 11.6 Å². The first-order valence-electron chi connectivity index (χ1n) is 13.9. The average Bonchev–Trinajstić information content (AvgIpc) is 2.98. The number of rotatable bonds is 8. The number of fused-ring (bicyclic) bond motifs is 1. The molecule has 0 fully saturated rings. The Labute approximate surface area is 259 Å². The predicted octanol–water partition coefficient (Wildman–Crippen LogP) is 7.94. The van der Waals surface area contributed by atoms with E-state index in [9.17, 15) is 9.59 Å². The van der Waals surface area contributed by atoms with Crippen molar-refractivity contribution in [3.63, 3.8) is 0 Å². The molecule has 5 aromatic rings. The number of hydrogen-bond donors (Lipinski definition) is 2. The summed E-state index contributed by atoms with van der Waals surface area (Å²) >= 11 is 5.93. The molecule has 1 amide bonds. The molecule has 2 aromatic carbocycles. The number of hydrogen-bond acceptors (Lipinski definition) is 9. The van der Waals surface area contributed by atoms with Crippen LogP contribution in [0.3, 0.4) is 0 Å². The van der Waals surface area contributed by atoms with Crippen LogP contribution in [-0.4, -0.2) is 37.4 Å². The molecule has 3 aromatic heterocycles. The summed E-state index contributed by atoms with van der Waals surface area (Å²) in [4.78, 5) is 43.2. The lowest BCUT2D eigenvalue weighted by molar-refractivity contribution is 0.00694. The number of ether oxygens (including phenoxy) is 2. The zero-order valence-corrected chi connectivity index (χ0v) is 25.6. The highest BCUT2D eigenvalue weighted by Crippen LogP contribution is 2.34. The Kier molecular flexibility index (Phi) is 8.73. The smallest absolute Gasteiger partial charge is 0.338 e. The number of esters is 1.